The number of nitrogens with zero attached hydrogens (tertiary/aromatic N) is 1. The lowest BCUT2D eigenvalue weighted by Crippen LogP contribution is -2.37. The Kier molecular flexibility index (Phi) is 11.0. The molecule has 2 aromatic rings. The van der Waals surface area contributed by atoms with E-state index in [1.54, 1.807) is 21.3 Å². The molecule has 0 saturated carbocycles. The van der Waals surface area contributed by atoms with E-state index in [0.717, 1.165) is 17.2 Å². The number of hydrogen-bond acceptors (Lipinski definition) is 5. The quantitative estimate of drug-likeness (QED) is 0.297. The lowest BCUT2D eigenvalue weighted by Gasteiger charge is -2.18. The van der Waals surface area contributed by atoms with Crippen LogP contribution in [0.15, 0.2) is 47.5 Å². The number of benzene rings is 2. The normalized spacial score (nSPS) is 11.7. The number of halogens is 1. The zero-order chi connectivity index (χ0) is 20.4. The van der Waals surface area contributed by atoms with Crippen LogP contribution in [0.3, 0.4) is 0 Å². The average molecular weight is 515 g/mol. The summed E-state index contributed by atoms with van der Waals surface area (Å²) >= 11 is 0. The van der Waals surface area contributed by atoms with E-state index in [-0.39, 0.29) is 30.1 Å². The molecule has 0 fully saturated rings. The smallest absolute Gasteiger partial charge is 0.195 e. The molecule has 0 saturated heterocycles. The van der Waals surface area contributed by atoms with Gasteiger partial charge >= 0.3 is 0 Å². The monoisotopic (exact) mass is 515 g/mol. The summed E-state index contributed by atoms with van der Waals surface area (Å²) in [6.07, 6.45) is -0.0690. The molecular formula is C21H30IN3O4. The van der Waals surface area contributed by atoms with Gasteiger partial charge in [-0.1, -0.05) is 6.07 Å². The third kappa shape index (κ3) is 7.88. The summed E-state index contributed by atoms with van der Waals surface area (Å²) in [6.45, 7) is 5.08. The number of anilines is 1. The molecule has 0 heterocycles. The van der Waals surface area contributed by atoms with Crippen molar-refractivity contribution in [1.82, 2.24) is 5.32 Å². The highest BCUT2D eigenvalue weighted by Gasteiger charge is 2.09. The Morgan fingerprint density at radius 3 is 2.45 bits per heavy atom. The zero-order valence-corrected chi connectivity index (χ0v) is 19.9. The minimum atomic E-state index is -0.0690. The fourth-order valence-electron chi connectivity index (χ4n) is 2.52. The first-order chi connectivity index (χ1) is 13.6. The summed E-state index contributed by atoms with van der Waals surface area (Å²) in [5.74, 6) is 3.52. The second-order valence-electron chi connectivity index (χ2n) is 5.98. The predicted molar refractivity (Wildman–Crippen MR) is 128 cm³/mol. The number of rotatable bonds is 9. The van der Waals surface area contributed by atoms with Crippen LogP contribution >= 0.6 is 24.0 Å². The van der Waals surface area contributed by atoms with Gasteiger partial charge in [0, 0.05) is 24.9 Å². The summed E-state index contributed by atoms with van der Waals surface area (Å²) in [5, 5.41) is 6.49. The van der Waals surface area contributed by atoms with Crippen LogP contribution in [0.1, 0.15) is 13.8 Å². The van der Waals surface area contributed by atoms with E-state index in [1.807, 2.05) is 56.3 Å². The number of aliphatic imine (C=N–C) groups is 1. The molecule has 2 N–H and O–H groups in total. The molecule has 0 aromatic heterocycles. The molecule has 0 aliphatic heterocycles. The van der Waals surface area contributed by atoms with Crippen LogP contribution in [0.4, 0.5) is 5.69 Å². The second kappa shape index (κ2) is 13.0. The topological polar surface area (TPSA) is 73.3 Å². The highest BCUT2D eigenvalue weighted by atomic mass is 127. The zero-order valence-electron chi connectivity index (χ0n) is 17.5. The number of ether oxygens (including phenoxy) is 4. The van der Waals surface area contributed by atoms with Crippen LogP contribution in [0.5, 0.6) is 23.0 Å². The van der Waals surface area contributed by atoms with E-state index < -0.39 is 0 Å². The maximum Gasteiger partial charge on any atom is 0.195 e. The van der Waals surface area contributed by atoms with E-state index in [4.69, 9.17) is 18.9 Å². The van der Waals surface area contributed by atoms with Gasteiger partial charge in [-0.2, -0.15) is 0 Å². The summed E-state index contributed by atoms with van der Waals surface area (Å²) in [7, 11) is 4.97. The summed E-state index contributed by atoms with van der Waals surface area (Å²) in [6, 6.07) is 13.2. The van der Waals surface area contributed by atoms with Crippen molar-refractivity contribution in [3.63, 3.8) is 0 Å². The number of methoxy groups -OCH3 is 2. The molecule has 0 amide bonds. The SMILES string of the molecule is CCOc1ccc(NC(=NC)NCC(C)Oc2cccc(OC)c2)cc1OC.I. The molecule has 0 radical (unpaired) electrons. The van der Waals surface area contributed by atoms with Crippen molar-refractivity contribution in [2.24, 2.45) is 4.99 Å². The fourth-order valence-corrected chi connectivity index (χ4v) is 2.52. The van der Waals surface area contributed by atoms with Gasteiger partial charge in [-0.05, 0) is 38.1 Å². The highest BCUT2D eigenvalue weighted by molar-refractivity contribution is 14.0. The molecule has 29 heavy (non-hydrogen) atoms. The fraction of sp³-hybridized carbons (Fsp3) is 0.381. The van der Waals surface area contributed by atoms with Gasteiger partial charge < -0.3 is 29.6 Å². The molecule has 0 bridgehead atoms. The second-order valence-corrected chi connectivity index (χ2v) is 5.98. The molecule has 0 aliphatic rings. The van der Waals surface area contributed by atoms with Crippen LogP contribution in [0.2, 0.25) is 0 Å². The van der Waals surface area contributed by atoms with Gasteiger partial charge in [-0.25, -0.2) is 0 Å². The Morgan fingerprint density at radius 2 is 1.79 bits per heavy atom. The Bertz CT molecular complexity index is 786. The van der Waals surface area contributed by atoms with E-state index in [2.05, 4.69) is 15.6 Å². The molecule has 0 aliphatic carbocycles. The lowest BCUT2D eigenvalue weighted by atomic mass is 10.2. The molecular weight excluding hydrogens is 485 g/mol. The van der Waals surface area contributed by atoms with Crippen LogP contribution < -0.4 is 29.6 Å². The van der Waals surface area contributed by atoms with Gasteiger partial charge in [0.2, 0.25) is 0 Å². The summed E-state index contributed by atoms with van der Waals surface area (Å²) < 4.78 is 22.1. The minimum Gasteiger partial charge on any atom is -0.497 e. The first-order valence-corrected chi connectivity index (χ1v) is 9.18. The van der Waals surface area contributed by atoms with Crippen molar-refractivity contribution in [2.75, 3.05) is 39.7 Å². The van der Waals surface area contributed by atoms with Gasteiger partial charge in [0.1, 0.15) is 17.6 Å². The molecule has 160 valence electrons. The largest absolute Gasteiger partial charge is 0.497 e. The third-order valence-corrected chi connectivity index (χ3v) is 3.89. The summed E-state index contributed by atoms with van der Waals surface area (Å²) in [4.78, 5) is 4.25. The average Bonchev–Trinajstić information content (AvgIpc) is 2.72. The van der Waals surface area contributed by atoms with Crippen molar-refractivity contribution in [3.05, 3.63) is 42.5 Å². The minimum absolute atomic E-state index is 0. The van der Waals surface area contributed by atoms with Gasteiger partial charge in [0.15, 0.2) is 17.5 Å². The van der Waals surface area contributed by atoms with E-state index >= 15 is 0 Å². The first-order valence-electron chi connectivity index (χ1n) is 9.18. The van der Waals surface area contributed by atoms with Crippen LogP contribution in [-0.2, 0) is 0 Å². The molecule has 2 rings (SSSR count). The molecule has 8 heteroatoms. The molecule has 1 unspecified atom stereocenters. The number of nitrogens with one attached hydrogen (secondary N) is 2. The molecule has 2 aromatic carbocycles. The van der Waals surface area contributed by atoms with E-state index in [9.17, 15) is 0 Å². The van der Waals surface area contributed by atoms with Crippen molar-refractivity contribution in [2.45, 2.75) is 20.0 Å². The van der Waals surface area contributed by atoms with Crippen molar-refractivity contribution >= 4 is 35.6 Å². The van der Waals surface area contributed by atoms with Gasteiger partial charge in [-0.15, -0.1) is 24.0 Å². The predicted octanol–water partition coefficient (Wildman–Crippen LogP) is 4.18. The Morgan fingerprint density at radius 1 is 1.03 bits per heavy atom. The van der Waals surface area contributed by atoms with Crippen molar-refractivity contribution in [3.8, 4) is 23.0 Å². The van der Waals surface area contributed by atoms with Crippen LogP contribution in [0.25, 0.3) is 0 Å². The molecule has 1 atom stereocenters. The van der Waals surface area contributed by atoms with Crippen molar-refractivity contribution < 1.29 is 18.9 Å². The maximum atomic E-state index is 5.92. The van der Waals surface area contributed by atoms with E-state index in [0.29, 0.717) is 30.6 Å². The number of guanidine groups is 1. The van der Waals surface area contributed by atoms with E-state index in [1.165, 1.54) is 0 Å². The van der Waals surface area contributed by atoms with Crippen LogP contribution in [-0.4, -0.2) is 46.5 Å². The highest BCUT2D eigenvalue weighted by Crippen LogP contribution is 2.30. The van der Waals surface area contributed by atoms with Crippen LogP contribution in [0, 0.1) is 0 Å². The molecule has 7 nitrogen and oxygen atoms in total. The van der Waals surface area contributed by atoms with Crippen molar-refractivity contribution in [1.29, 1.82) is 0 Å². The Labute approximate surface area is 189 Å². The summed E-state index contributed by atoms with van der Waals surface area (Å²) in [5.41, 5.74) is 0.842. The number of hydrogen-bond donors (Lipinski definition) is 2. The van der Waals surface area contributed by atoms with Gasteiger partial charge in [0.05, 0.1) is 27.4 Å². The Balaban J connectivity index is 0.00000420. The Hall–Kier alpha value is -2.36. The van der Waals surface area contributed by atoms with Gasteiger partial charge in [-0.3, -0.25) is 4.99 Å². The lowest BCUT2D eigenvalue weighted by molar-refractivity contribution is 0.223. The first kappa shape index (κ1) is 24.7. The maximum absolute atomic E-state index is 5.92. The standard InChI is InChI=1S/C21H29N3O4.HI/c1-6-27-19-11-10-16(12-20(19)26-5)24-21(22-3)23-14-15(2)28-18-9-7-8-17(13-18)25-4;/h7-13,15H,6,14H2,1-5H3,(H2,22,23,24);1H. The third-order valence-electron chi connectivity index (χ3n) is 3.89. The van der Waals surface area contributed by atoms with Gasteiger partial charge in [0.25, 0.3) is 0 Å². The molecule has 0 spiro atoms.